The molecule has 0 aliphatic heterocycles. The molecule has 240 valence electrons. The second kappa shape index (κ2) is 11.8. The van der Waals surface area contributed by atoms with E-state index < -0.39 is 5.41 Å². The van der Waals surface area contributed by atoms with Crippen molar-refractivity contribution in [1.29, 1.82) is 0 Å². The summed E-state index contributed by atoms with van der Waals surface area (Å²) in [5, 5.41) is 2.18. The molecule has 0 radical (unpaired) electrons. The fourth-order valence-electron chi connectivity index (χ4n) is 8.49. The molecule has 0 spiro atoms. The van der Waals surface area contributed by atoms with Gasteiger partial charge in [0.05, 0.1) is 22.2 Å². The summed E-state index contributed by atoms with van der Waals surface area (Å²) < 4.78 is 7.12. The molecule has 10 rings (SSSR count). The van der Waals surface area contributed by atoms with Gasteiger partial charge in [-0.25, -0.2) is 0 Å². The SMILES string of the molecule is c1ccc(-c2ccccc2N(c2ccccc2)c2ccc(C3(c4ccccc4)c4ccccc4-c4ccccc43)c3oc4ccccc4c23)cc1. The Kier molecular flexibility index (Phi) is 6.75. The molecule has 1 aliphatic rings. The van der Waals surface area contributed by atoms with E-state index in [2.05, 4.69) is 205 Å². The number of fused-ring (bicyclic) bond motifs is 6. The molecule has 1 aromatic heterocycles. The number of furan rings is 1. The van der Waals surface area contributed by atoms with Gasteiger partial charge in [0.1, 0.15) is 11.2 Å². The summed E-state index contributed by atoms with van der Waals surface area (Å²) in [6.07, 6.45) is 0. The first-order valence-corrected chi connectivity index (χ1v) is 17.5. The number of rotatable bonds is 6. The molecular weight excluding hydrogens is 619 g/mol. The normalized spacial score (nSPS) is 12.9. The molecular formula is C49H33NO. The second-order valence-electron chi connectivity index (χ2n) is 13.2. The lowest BCUT2D eigenvalue weighted by atomic mass is 9.67. The van der Waals surface area contributed by atoms with Crippen molar-refractivity contribution < 1.29 is 4.42 Å². The zero-order valence-electron chi connectivity index (χ0n) is 27.9. The van der Waals surface area contributed by atoms with E-state index in [-0.39, 0.29) is 0 Å². The van der Waals surface area contributed by atoms with Crippen LogP contribution in [0.3, 0.4) is 0 Å². The molecule has 1 heterocycles. The fraction of sp³-hybridized carbons (Fsp3) is 0.0204. The third-order valence-electron chi connectivity index (χ3n) is 10.6. The van der Waals surface area contributed by atoms with Gasteiger partial charge in [0.2, 0.25) is 0 Å². The van der Waals surface area contributed by atoms with E-state index in [1.54, 1.807) is 0 Å². The molecule has 2 heteroatoms. The van der Waals surface area contributed by atoms with Crippen LogP contribution in [0.2, 0.25) is 0 Å². The minimum atomic E-state index is -0.599. The van der Waals surface area contributed by atoms with Crippen molar-refractivity contribution in [2.24, 2.45) is 0 Å². The lowest BCUT2D eigenvalue weighted by Gasteiger charge is -2.35. The maximum Gasteiger partial charge on any atom is 0.142 e. The maximum atomic E-state index is 7.12. The standard InChI is InChI=1S/C49H33NO/c1-4-18-34(19-5-1)37-24-12-16-30-44(37)50(36-22-8-3-9-23-36)45-33-32-43(48-47(45)40-27-13-17-31-46(40)51-48)49(35-20-6-2-7-21-35)41-28-14-10-25-38(41)39-26-11-15-29-42(39)49/h1-33H. The molecule has 0 saturated heterocycles. The van der Waals surface area contributed by atoms with Gasteiger partial charge in [-0.3, -0.25) is 0 Å². The predicted molar refractivity (Wildman–Crippen MR) is 211 cm³/mol. The Bertz CT molecular complexity index is 2650. The van der Waals surface area contributed by atoms with Gasteiger partial charge in [0, 0.05) is 22.2 Å². The van der Waals surface area contributed by atoms with Crippen molar-refractivity contribution in [1.82, 2.24) is 0 Å². The minimum absolute atomic E-state index is 0.599. The average Bonchev–Trinajstić information content (AvgIpc) is 3.74. The van der Waals surface area contributed by atoms with Gasteiger partial charge in [-0.15, -0.1) is 0 Å². The zero-order valence-corrected chi connectivity index (χ0v) is 27.9. The number of hydrogen-bond acceptors (Lipinski definition) is 2. The van der Waals surface area contributed by atoms with Crippen molar-refractivity contribution in [3.63, 3.8) is 0 Å². The number of benzene rings is 8. The lowest BCUT2D eigenvalue weighted by Crippen LogP contribution is -2.29. The number of para-hydroxylation sites is 3. The Morgan fingerprint density at radius 1 is 0.392 bits per heavy atom. The largest absolute Gasteiger partial charge is 0.456 e. The van der Waals surface area contributed by atoms with Crippen molar-refractivity contribution >= 4 is 39.0 Å². The van der Waals surface area contributed by atoms with Crippen LogP contribution >= 0.6 is 0 Å². The van der Waals surface area contributed by atoms with Crippen LogP contribution in [-0.2, 0) is 5.41 Å². The monoisotopic (exact) mass is 651 g/mol. The molecule has 2 nitrogen and oxygen atoms in total. The van der Waals surface area contributed by atoms with E-state index in [1.165, 1.54) is 33.4 Å². The molecule has 0 saturated carbocycles. The van der Waals surface area contributed by atoms with Crippen LogP contribution in [0.4, 0.5) is 17.1 Å². The number of nitrogens with zero attached hydrogens (tertiary/aromatic N) is 1. The summed E-state index contributed by atoms with van der Waals surface area (Å²) in [4.78, 5) is 2.40. The molecule has 1 aliphatic carbocycles. The van der Waals surface area contributed by atoms with Crippen molar-refractivity contribution in [3.8, 4) is 22.3 Å². The Morgan fingerprint density at radius 3 is 1.65 bits per heavy atom. The molecule has 0 bridgehead atoms. The molecule has 0 atom stereocenters. The van der Waals surface area contributed by atoms with E-state index in [4.69, 9.17) is 4.42 Å². The highest BCUT2D eigenvalue weighted by Gasteiger charge is 2.47. The van der Waals surface area contributed by atoms with Crippen LogP contribution in [0.25, 0.3) is 44.2 Å². The highest BCUT2D eigenvalue weighted by Crippen LogP contribution is 2.59. The summed E-state index contributed by atoms with van der Waals surface area (Å²) in [6, 6.07) is 71.9. The quantitative estimate of drug-likeness (QED) is 0.178. The van der Waals surface area contributed by atoms with E-state index in [0.717, 1.165) is 50.1 Å². The Hall–Kier alpha value is -6.64. The molecule has 8 aromatic carbocycles. The molecule has 0 fully saturated rings. The van der Waals surface area contributed by atoms with E-state index >= 15 is 0 Å². The third-order valence-corrected chi connectivity index (χ3v) is 10.6. The molecule has 0 N–H and O–H groups in total. The van der Waals surface area contributed by atoms with Crippen LogP contribution in [-0.4, -0.2) is 0 Å². The Morgan fingerprint density at radius 2 is 0.941 bits per heavy atom. The second-order valence-corrected chi connectivity index (χ2v) is 13.2. The first kappa shape index (κ1) is 29.3. The van der Waals surface area contributed by atoms with Gasteiger partial charge < -0.3 is 9.32 Å². The van der Waals surface area contributed by atoms with Crippen molar-refractivity contribution in [2.75, 3.05) is 4.90 Å². The molecule has 9 aromatic rings. The molecule has 0 unspecified atom stereocenters. The van der Waals surface area contributed by atoms with Gasteiger partial charge in [0.25, 0.3) is 0 Å². The average molecular weight is 652 g/mol. The molecule has 51 heavy (non-hydrogen) atoms. The first-order chi connectivity index (χ1) is 25.3. The summed E-state index contributed by atoms with van der Waals surface area (Å²) in [5.74, 6) is 0. The zero-order chi connectivity index (χ0) is 33.8. The highest BCUT2D eigenvalue weighted by atomic mass is 16.3. The van der Waals surface area contributed by atoms with Gasteiger partial charge in [-0.1, -0.05) is 170 Å². The third kappa shape index (κ3) is 4.36. The Balaban J connectivity index is 1.34. The van der Waals surface area contributed by atoms with Crippen LogP contribution in [0.1, 0.15) is 22.3 Å². The van der Waals surface area contributed by atoms with Gasteiger partial charge in [0.15, 0.2) is 0 Å². The van der Waals surface area contributed by atoms with Crippen LogP contribution in [0.15, 0.2) is 205 Å². The first-order valence-electron chi connectivity index (χ1n) is 17.5. The van der Waals surface area contributed by atoms with Crippen LogP contribution in [0.5, 0.6) is 0 Å². The van der Waals surface area contributed by atoms with Gasteiger partial charge >= 0.3 is 0 Å². The summed E-state index contributed by atoms with van der Waals surface area (Å²) in [5.41, 5.74) is 14.1. The van der Waals surface area contributed by atoms with E-state index in [0.29, 0.717) is 0 Å². The van der Waals surface area contributed by atoms with Crippen molar-refractivity contribution in [3.05, 3.63) is 222 Å². The highest BCUT2D eigenvalue weighted by molar-refractivity contribution is 6.15. The van der Waals surface area contributed by atoms with E-state index in [9.17, 15) is 0 Å². The minimum Gasteiger partial charge on any atom is -0.456 e. The maximum absolute atomic E-state index is 7.12. The predicted octanol–water partition coefficient (Wildman–Crippen LogP) is 13.1. The molecule has 0 amide bonds. The van der Waals surface area contributed by atoms with Gasteiger partial charge in [-0.2, -0.15) is 0 Å². The van der Waals surface area contributed by atoms with E-state index in [1.807, 2.05) is 0 Å². The Labute approximate surface area is 297 Å². The van der Waals surface area contributed by atoms with Crippen molar-refractivity contribution in [2.45, 2.75) is 5.41 Å². The van der Waals surface area contributed by atoms with Gasteiger partial charge in [-0.05, 0) is 63.7 Å². The smallest absolute Gasteiger partial charge is 0.142 e. The number of hydrogen-bond donors (Lipinski definition) is 0. The lowest BCUT2D eigenvalue weighted by molar-refractivity contribution is 0.648. The number of anilines is 3. The van der Waals surface area contributed by atoms with Crippen LogP contribution in [0, 0.1) is 0 Å². The van der Waals surface area contributed by atoms with Crippen LogP contribution < -0.4 is 4.90 Å². The topological polar surface area (TPSA) is 16.4 Å². The summed E-state index contributed by atoms with van der Waals surface area (Å²) in [6.45, 7) is 0. The summed E-state index contributed by atoms with van der Waals surface area (Å²) >= 11 is 0. The fourth-order valence-corrected chi connectivity index (χ4v) is 8.49. The summed E-state index contributed by atoms with van der Waals surface area (Å²) in [7, 11) is 0.